The molecule has 0 aliphatic rings. The van der Waals surface area contributed by atoms with Crippen molar-refractivity contribution in [1.29, 1.82) is 0 Å². The summed E-state index contributed by atoms with van der Waals surface area (Å²) in [6.07, 6.45) is 0. The van der Waals surface area contributed by atoms with Crippen LogP contribution in [-0.4, -0.2) is 34.8 Å². The molecule has 0 aliphatic heterocycles. The topological polar surface area (TPSA) is 80.5 Å². The van der Waals surface area contributed by atoms with E-state index in [1.54, 1.807) is 36.4 Å². The van der Waals surface area contributed by atoms with Gasteiger partial charge in [0.2, 0.25) is 0 Å². The molecule has 4 aromatic rings. The van der Waals surface area contributed by atoms with E-state index in [2.05, 4.69) is 15.6 Å². The lowest BCUT2D eigenvalue weighted by Gasteiger charge is -2.19. The van der Waals surface area contributed by atoms with Gasteiger partial charge in [0, 0.05) is 30.8 Å². The Kier molecular flexibility index (Phi) is 8.02. The fraction of sp³-hybridized carbons (Fsp3) is 0.222. The molecule has 7 nitrogen and oxygen atoms in total. The van der Waals surface area contributed by atoms with Crippen LogP contribution in [0, 0.1) is 18.6 Å². The molecule has 0 unspecified atom stereocenters. The van der Waals surface area contributed by atoms with Gasteiger partial charge in [-0.15, -0.1) is 0 Å². The lowest BCUT2D eigenvalue weighted by molar-refractivity contribution is -0.123. The number of carbonyl (C=O) groups is 1. The van der Waals surface area contributed by atoms with Gasteiger partial charge in [0.15, 0.2) is 6.61 Å². The van der Waals surface area contributed by atoms with E-state index in [9.17, 15) is 13.6 Å². The molecule has 0 saturated carbocycles. The van der Waals surface area contributed by atoms with E-state index in [1.807, 2.05) is 31.0 Å². The first kappa shape index (κ1) is 25.0. The number of carbonyl (C=O) groups excluding carboxylic acids is 1. The van der Waals surface area contributed by atoms with Crippen LogP contribution >= 0.6 is 0 Å². The minimum atomic E-state index is -0.377. The molecule has 1 amide bonds. The van der Waals surface area contributed by atoms with Gasteiger partial charge in [-0.25, -0.2) is 13.4 Å². The number of amides is 1. The molecule has 186 valence electrons. The smallest absolute Gasteiger partial charge is 0.258 e. The highest BCUT2D eigenvalue weighted by atomic mass is 19.1. The Bertz CT molecular complexity index is 1320. The SMILES string of the molecule is Cc1nonc1CN(C)Cc1cc(-c2ccc(F)cc2)ccc1OCC(=O)NCc1ccccc1F. The van der Waals surface area contributed by atoms with Gasteiger partial charge in [-0.05, 0) is 55.4 Å². The molecular formula is C27H26F2N4O3. The second-order valence-electron chi connectivity index (χ2n) is 8.45. The fourth-order valence-electron chi connectivity index (χ4n) is 3.69. The van der Waals surface area contributed by atoms with Gasteiger partial charge in [-0.2, -0.15) is 0 Å². The Morgan fingerprint density at radius 1 is 0.972 bits per heavy atom. The first-order valence-corrected chi connectivity index (χ1v) is 11.4. The van der Waals surface area contributed by atoms with E-state index in [-0.39, 0.29) is 30.7 Å². The Morgan fingerprint density at radius 3 is 2.44 bits per heavy atom. The number of halogens is 2. The highest BCUT2D eigenvalue weighted by molar-refractivity contribution is 5.77. The number of rotatable bonds is 10. The molecule has 36 heavy (non-hydrogen) atoms. The van der Waals surface area contributed by atoms with Crippen LogP contribution < -0.4 is 10.1 Å². The van der Waals surface area contributed by atoms with Crippen LogP contribution in [0.25, 0.3) is 11.1 Å². The highest BCUT2D eigenvalue weighted by Crippen LogP contribution is 2.28. The van der Waals surface area contributed by atoms with Crippen molar-refractivity contribution in [1.82, 2.24) is 20.5 Å². The zero-order valence-corrected chi connectivity index (χ0v) is 20.0. The van der Waals surface area contributed by atoms with Crippen molar-refractivity contribution in [3.8, 4) is 16.9 Å². The Balaban J connectivity index is 1.47. The van der Waals surface area contributed by atoms with Crippen molar-refractivity contribution in [3.63, 3.8) is 0 Å². The molecule has 0 spiro atoms. The van der Waals surface area contributed by atoms with Gasteiger partial charge in [-0.3, -0.25) is 9.69 Å². The van der Waals surface area contributed by atoms with Gasteiger partial charge in [0.05, 0.1) is 0 Å². The summed E-state index contributed by atoms with van der Waals surface area (Å²) in [7, 11) is 1.92. The van der Waals surface area contributed by atoms with Crippen molar-refractivity contribution in [3.05, 3.63) is 101 Å². The predicted molar refractivity (Wildman–Crippen MR) is 130 cm³/mol. The average molecular weight is 493 g/mol. The Morgan fingerprint density at radius 2 is 1.72 bits per heavy atom. The normalized spacial score (nSPS) is 11.0. The molecule has 3 aromatic carbocycles. The van der Waals surface area contributed by atoms with Gasteiger partial charge in [0.1, 0.15) is 28.8 Å². The quantitative estimate of drug-likeness (QED) is 0.347. The second kappa shape index (κ2) is 11.5. The molecule has 0 bridgehead atoms. The fourth-order valence-corrected chi connectivity index (χ4v) is 3.69. The van der Waals surface area contributed by atoms with Crippen LogP contribution in [0.2, 0.25) is 0 Å². The molecule has 0 aliphatic carbocycles. The molecule has 0 fully saturated rings. The first-order valence-electron chi connectivity index (χ1n) is 11.4. The van der Waals surface area contributed by atoms with E-state index in [4.69, 9.17) is 9.37 Å². The third kappa shape index (κ3) is 6.51. The van der Waals surface area contributed by atoms with E-state index < -0.39 is 0 Å². The van der Waals surface area contributed by atoms with Gasteiger partial charge >= 0.3 is 0 Å². The van der Waals surface area contributed by atoms with Crippen molar-refractivity contribution in [2.45, 2.75) is 26.6 Å². The second-order valence-corrected chi connectivity index (χ2v) is 8.45. The van der Waals surface area contributed by atoms with Crippen LogP contribution in [0.15, 0.2) is 71.4 Å². The molecule has 4 rings (SSSR count). The summed E-state index contributed by atoms with van der Waals surface area (Å²) in [5.74, 6) is -0.525. The zero-order valence-electron chi connectivity index (χ0n) is 20.0. The van der Waals surface area contributed by atoms with Crippen LogP contribution in [0.5, 0.6) is 5.75 Å². The highest BCUT2D eigenvalue weighted by Gasteiger charge is 2.14. The maximum absolute atomic E-state index is 13.8. The average Bonchev–Trinajstić information content (AvgIpc) is 3.27. The summed E-state index contributed by atoms with van der Waals surface area (Å²) in [5.41, 5.74) is 4.40. The molecule has 1 heterocycles. The molecule has 0 saturated heterocycles. The third-order valence-electron chi connectivity index (χ3n) is 5.64. The van der Waals surface area contributed by atoms with Crippen LogP contribution in [-0.2, 0) is 24.4 Å². The number of aryl methyl sites for hydroxylation is 1. The monoisotopic (exact) mass is 492 g/mol. The number of nitrogens with zero attached hydrogens (tertiary/aromatic N) is 3. The number of hydrogen-bond acceptors (Lipinski definition) is 6. The summed E-state index contributed by atoms with van der Waals surface area (Å²) in [5, 5.41) is 10.4. The molecule has 0 atom stereocenters. The minimum Gasteiger partial charge on any atom is -0.483 e. The Labute approximate surface area is 207 Å². The summed E-state index contributed by atoms with van der Waals surface area (Å²) >= 11 is 0. The lowest BCUT2D eigenvalue weighted by atomic mass is 10.0. The molecule has 1 aromatic heterocycles. The van der Waals surface area contributed by atoms with Crippen molar-refractivity contribution >= 4 is 5.91 Å². The Hall–Kier alpha value is -4.11. The number of benzene rings is 3. The molecular weight excluding hydrogens is 466 g/mol. The van der Waals surface area contributed by atoms with Gasteiger partial charge in [0.25, 0.3) is 5.91 Å². The van der Waals surface area contributed by atoms with Crippen molar-refractivity contribution < 1.29 is 22.9 Å². The van der Waals surface area contributed by atoms with Crippen LogP contribution in [0.3, 0.4) is 0 Å². The predicted octanol–water partition coefficient (Wildman–Crippen LogP) is 4.65. The summed E-state index contributed by atoms with van der Waals surface area (Å²) in [6.45, 7) is 2.64. The van der Waals surface area contributed by atoms with Gasteiger partial charge < -0.3 is 10.1 Å². The largest absolute Gasteiger partial charge is 0.483 e. The minimum absolute atomic E-state index is 0.0685. The summed E-state index contributed by atoms with van der Waals surface area (Å²) in [4.78, 5) is 14.4. The maximum Gasteiger partial charge on any atom is 0.258 e. The first-order chi connectivity index (χ1) is 17.4. The number of nitrogens with one attached hydrogen (secondary N) is 1. The standard InChI is InChI=1S/C27H26F2N4O3/c1-18-25(32-36-31-18)16-33(2)15-22-13-20(19-7-10-23(28)11-8-19)9-12-26(22)35-17-27(34)30-14-21-5-3-4-6-24(21)29/h3-13H,14-17H2,1-2H3,(H,30,34). The van der Waals surface area contributed by atoms with Crippen molar-refractivity contribution in [2.24, 2.45) is 0 Å². The van der Waals surface area contributed by atoms with E-state index in [1.165, 1.54) is 18.2 Å². The number of aromatic nitrogens is 2. The number of ether oxygens (including phenoxy) is 1. The van der Waals surface area contributed by atoms with Crippen LogP contribution in [0.1, 0.15) is 22.5 Å². The zero-order chi connectivity index (χ0) is 25.5. The van der Waals surface area contributed by atoms with E-state index >= 15 is 0 Å². The number of hydrogen-bond donors (Lipinski definition) is 1. The summed E-state index contributed by atoms with van der Waals surface area (Å²) < 4.78 is 37.8. The molecule has 0 radical (unpaired) electrons. The van der Waals surface area contributed by atoms with Crippen LogP contribution in [0.4, 0.5) is 8.78 Å². The molecule has 9 heteroatoms. The lowest BCUT2D eigenvalue weighted by Crippen LogP contribution is -2.29. The molecule has 1 N–H and O–H groups in total. The van der Waals surface area contributed by atoms with Crippen molar-refractivity contribution in [2.75, 3.05) is 13.7 Å². The van der Waals surface area contributed by atoms with E-state index in [0.29, 0.717) is 30.1 Å². The van der Waals surface area contributed by atoms with E-state index in [0.717, 1.165) is 22.4 Å². The maximum atomic E-state index is 13.8. The van der Waals surface area contributed by atoms with Gasteiger partial charge in [-0.1, -0.05) is 46.7 Å². The summed E-state index contributed by atoms with van der Waals surface area (Å²) in [6, 6.07) is 18.1. The third-order valence-corrected chi connectivity index (χ3v) is 5.64.